The van der Waals surface area contributed by atoms with Crippen molar-refractivity contribution >= 4 is 28.9 Å². The molecule has 3 nitrogen and oxygen atoms in total. The zero-order valence-corrected chi connectivity index (χ0v) is 12.3. The second-order valence-corrected chi connectivity index (χ2v) is 5.73. The van der Waals surface area contributed by atoms with E-state index in [2.05, 4.69) is 17.6 Å². The molecule has 1 saturated carbocycles. The van der Waals surface area contributed by atoms with E-state index in [0.29, 0.717) is 17.5 Å². The topological polar surface area (TPSA) is 41.1 Å². The molecule has 1 aromatic rings. The van der Waals surface area contributed by atoms with Gasteiger partial charge in [-0.2, -0.15) is 0 Å². The zero-order valence-electron chi connectivity index (χ0n) is 11.5. The van der Waals surface area contributed by atoms with Crippen molar-refractivity contribution in [3.63, 3.8) is 0 Å². The molecule has 1 fully saturated rings. The number of carbonyl (C=O) groups is 1. The minimum absolute atomic E-state index is 0.0132. The van der Waals surface area contributed by atoms with Gasteiger partial charge in [0.15, 0.2) is 0 Å². The van der Waals surface area contributed by atoms with Gasteiger partial charge in [0, 0.05) is 18.2 Å². The standard InChI is InChI=1S/C15H21ClN2O/c1-3-15(19)18-12-6-7-13(16)14(9-12)17-10(2)8-11-4-5-11/h6-7,9-11,17H,3-5,8H2,1-2H3,(H,18,19). The summed E-state index contributed by atoms with van der Waals surface area (Å²) in [6, 6.07) is 5.95. The average molecular weight is 281 g/mol. The molecule has 1 unspecified atom stereocenters. The molecule has 0 spiro atoms. The fourth-order valence-corrected chi connectivity index (χ4v) is 2.31. The first-order valence-corrected chi connectivity index (χ1v) is 7.32. The highest BCUT2D eigenvalue weighted by atomic mass is 35.5. The minimum atomic E-state index is 0.0132. The molecule has 1 aliphatic rings. The van der Waals surface area contributed by atoms with E-state index in [1.165, 1.54) is 19.3 Å². The summed E-state index contributed by atoms with van der Waals surface area (Å²) in [5, 5.41) is 6.97. The van der Waals surface area contributed by atoms with Gasteiger partial charge in [-0.3, -0.25) is 4.79 Å². The van der Waals surface area contributed by atoms with Crippen LogP contribution in [0.1, 0.15) is 39.5 Å². The lowest BCUT2D eigenvalue weighted by atomic mass is 10.1. The summed E-state index contributed by atoms with van der Waals surface area (Å²) in [5.41, 5.74) is 1.68. The summed E-state index contributed by atoms with van der Waals surface area (Å²) in [7, 11) is 0. The molecule has 104 valence electrons. The number of benzene rings is 1. The van der Waals surface area contributed by atoms with Crippen LogP contribution in [-0.4, -0.2) is 11.9 Å². The molecule has 0 aliphatic heterocycles. The van der Waals surface area contributed by atoms with E-state index in [0.717, 1.165) is 17.3 Å². The van der Waals surface area contributed by atoms with E-state index < -0.39 is 0 Å². The van der Waals surface area contributed by atoms with Crippen molar-refractivity contribution in [3.8, 4) is 0 Å². The Hall–Kier alpha value is -1.22. The summed E-state index contributed by atoms with van der Waals surface area (Å²) >= 11 is 6.19. The van der Waals surface area contributed by atoms with Gasteiger partial charge in [-0.1, -0.05) is 31.4 Å². The maximum Gasteiger partial charge on any atom is 0.224 e. The van der Waals surface area contributed by atoms with Crippen LogP contribution >= 0.6 is 11.6 Å². The van der Waals surface area contributed by atoms with Gasteiger partial charge in [-0.25, -0.2) is 0 Å². The van der Waals surface area contributed by atoms with Gasteiger partial charge in [0.25, 0.3) is 0 Å². The first kappa shape index (κ1) is 14.2. The third kappa shape index (κ3) is 4.43. The zero-order chi connectivity index (χ0) is 13.8. The highest BCUT2D eigenvalue weighted by Crippen LogP contribution is 2.35. The molecular weight excluding hydrogens is 260 g/mol. The third-order valence-corrected chi connectivity index (χ3v) is 3.69. The fraction of sp³-hybridized carbons (Fsp3) is 0.533. The van der Waals surface area contributed by atoms with E-state index in [1.807, 2.05) is 25.1 Å². The molecule has 1 atom stereocenters. The highest BCUT2D eigenvalue weighted by Gasteiger charge is 2.23. The molecule has 2 rings (SSSR count). The lowest BCUT2D eigenvalue weighted by Gasteiger charge is -2.17. The Morgan fingerprint density at radius 2 is 2.21 bits per heavy atom. The van der Waals surface area contributed by atoms with Crippen LogP contribution in [0.25, 0.3) is 0 Å². The van der Waals surface area contributed by atoms with Crippen LogP contribution in [0, 0.1) is 5.92 Å². The fourth-order valence-electron chi connectivity index (χ4n) is 2.14. The second-order valence-electron chi connectivity index (χ2n) is 5.32. The summed E-state index contributed by atoms with van der Waals surface area (Å²) in [6.07, 6.45) is 4.37. The molecule has 0 radical (unpaired) electrons. The van der Waals surface area contributed by atoms with Gasteiger partial charge < -0.3 is 10.6 Å². The molecule has 2 N–H and O–H groups in total. The predicted octanol–water partition coefficient (Wildman–Crippen LogP) is 4.29. The van der Waals surface area contributed by atoms with E-state index in [1.54, 1.807) is 0 Å². The van der Waals surface area contributed by atoms with Crippen LogP contribution < -0.4 is 10.6 Å². The largest absolute Gasteiger partial charge is 0.381 e. The number of amides is 1. The molecule has 19 heavy (non-hydrogen) atoms. The maximum atomic E-state index is 11.4. The van der Waals surface area contributed by atoms with E-state index in [9.17, 15) is 4.79 Å². The van der Waals surface area contributed by atoms with Gasteiger partial charge in [0.2, 0.25) is 5.91 Å². The molecule has 0 bridgehead atoms. The van der Waals surface area contributed by atoms with Crippen molar-refractivity contribution < 1.29 is 4.79 Å². The Morgan fingerprint density at radius 3 is 2.84 bits per heavy atom. The number of halogens is 1. The number of hydrogen-bond donors (Lipinski definition) is 2. The number of anilines is 2. The van der Waals surface area contributed by atoms with Crippen LogP contribution in [0.2, 0.25) is 5.02 Å². The Kier molecular flexibility index (Phi) is 4.70. The highest BCUT2D eigenvalue weighted by molar-refractivity contribution is 6.33. The maximum absolute atomic E-state index is 11.4. The molecule has 0 heterocycles. The summed E-state index contributed by atoms with van der Waals surface area (Å²) in [6.45, 7) is 4.01. The summed E-state index contributed by atoms with van der Waals surface area (Å²) in [4.78, 5) is 11.4. The minimum Gasteiger partial charge on any atom is -0.381 e. The Labute approximate surface area is 119 Å². The van der Waals surface area contributed by atoms with E-state index in [4.69, 9.17) is 11.6 Å². The first-order valence-electron chi connectivity index (χ1n) is 6.94. The van der Waals surface area contributed by atoms with E-state index in [-0.39, 0.29) is 5.91 Å². The molecule has 0 saturated heterocycles. The Morgan fingerprint density at radius 1 is 1.47 bits per heavy atom. The number of nitrogens with one attached hydrogen (secondary N) is 2. The van der Waals surface area contributed by atoms with Crippen LogP contribution in [0.3, 0.4) is 0 Å². The van der Waals surface area contributed by atoms with Crippen LogP contribution in [-0.2, 0) is 4.79 Å². The number of rotatable bonds is 6. The van der Waals surface area contributed by atoms with Crippen LogP contribution in [0.5, 0.6) is 0 Å². The van der Waals surface area contributed by atoms with Gasteiger partial charge in [0.1, 0.15) is 0 Å². The molecule has 1 aliphatic carbocycles. The van der Waals surface area contributed by atoms with Gasteiger partial charge in [0.05, 0.1) is 10.7 Å². The van der Waals surface area contributed by atoms with Gasteiger partial charge in [-0.15, -0.1) is 0 Å². The first-order chi connectivity index (χ1) is 9.08. The third-order valence-electron chi connectivity index (χ3n) is 3.36. The normalized spacial score (nSPS) is 15.9. The van der Waals surface area contributed by atoms with Crippen molar-refractivity contribution in [2.75, 3.05) is 10.6 Å². The Bertz CT molecular complexity index is 457. The molecule has 0 aromatic heterocycles. The summed E-state index contributed by atoms with van der Waals surface area (Å²) in [5.74, 6) is 0.892. The lowest BCUT2D eigenvalue weighted by Crippen LogP contribution is -2.16. The molecule has 1 amide bonds. The second kappa shape index (κ2) is 6.29. The monoisotopic (exact) mass is 280 g/mol. The molecule has 4 heteroatoms. The quantitative estimate of drug-likeness (QED) is 0.816. The average Bonchev–Trinajstić information content (AvgIpc) is 3.17. The van der Waals surface area contributed by atoms with Crippen molar-refractivity contribution in [3.05, 3.63) is 23.2 Å². The lowest BCUT2D eigenvalue weighted by molar-refractivity contribution is -0.115. The number of hydrogen-bond acceptors (Lipinski definition) is 2. The van der Waals surface area contributed by atoms with Gasteiger partial charge in [-0.05, 0) is 37.5 Å². The Balaban J connectivity index is 2.00. The van der Waals surface area contributed by atoms with Crippen molar-refractivity contribution in [2.24, 2.45) is 5.92 Å². The summed E-state index contributed by atoms with van der Waals surface area (Å²) < 4.78 is 0. The van der Waals surface area contributed by atoms with Crippen molar-refractivity contribution in [1.82, 2.24) is 0 Å². The van der Waals surface area contributed by atoms with Crippen LogP contribution in [0.15, 0.2) is 18.2 Å². The predicted molar refractivity (Wildman–Crippen MR) is 80.8 cm³/mol. The van der Waals surface area contributed by atoms with E-state index >= 15 is 0 Å². The smallest absolute Gasteiger partial charge is 0.224 e. The molecule has 1 aromatic carbocycles. The SMILES string of the molecule is CCC(=O)Nc1ccc(Cl)c(NC(C)CC2CC2)c1. The van der Waals surface area contributed by atoms with Crippen molar-refractivity contribution in [2.45, 2.75) is 45.6 Å². The van der Waals surface area contributed by atoms with Crippen LogP contribution in [0.4, 0.5) is 11.4 Å². The van der Waals surface area contributed by atoms with Gasteiger partial charge >= 0.3 is 0 Å². The molecular formula is C15H21ClN2O. The van der Waals surface area contributed by atoms with Crippen molar-refractivity contribution in [1.29, 1.82) is 0 Å². The number of carbonyl (C=O) groups excluding carboxylic acids is 1.